The third kappa shape index (κ3) is 10.6. The van der Waals surface area contributed by atoms with E-state index in [0.717, 1.165) is 0 Å². The highest BCUT2D eigenvalue weighted by molar-refractivity contribution is 7.47. The number of aromatic amines is 1. The fourth-order valence-electron chi connectivity index (χ4n) is 6.58. The number of anilines is 2. The number of ketones is 1. The van der Waals surface area contributed by atoms with Gasteiger partial charge in [-0.1, -0.05) is 12.1 Å². The molecule has 57 heavy (non-hydrogen) atoms. The minimum atomic E-state index is -5.13. The number of aliphatic carboxylic acids is 2. The Balaban J connectivity index is 1.30. The monoisotopic (exact) mass is 830 g/mol. The van der Waals surface area contributed by atoms with Crippen LogP contribution in [0.25, 0.3) is 0 Å². The number of phosphoric ester groups is 1. The largest absolute Gasteiger partial charge is 0.481 e. The van der Waals surface area contributed by atoms with Crippen LogP contribution in [0.1, 0.15) is 46.1 Å². The quantitative estimate of drug-likeness (QED) is 0.0584. The summed E-state index contributed by atoms with van der Waals surface area (Å²) in [5, 5.41) is 73.4. The number of hydrogen-bond acceptors (Lipinski definition) is 19. The molecule has 12 N–H and O–H groups in total. The third-order valence-electron chi connectivity index (χ3n) is 9.54. The third-order valence-corrected chi connectivity index (χ3v) is 10.5. The lowest BCUT2D eigenvalue weighted by molar-refractivity contribution is -0.192. The highest BCUT2D eigenvalue weighted by Gasteiger charge is 2.55. The van der Waals surface area contributed by atoms with Crippen LogP contribution in [-0.4, -0.2) is 148 Å². The maximum Gasteiger partial charge on any atom is 0.473 e. The predicted molar refractivity (Wildman–Crippen MR) is 192 cm³/mol. The Bertz CT molecular complexity index is 2020. The second-order valence-electron chi connectivity index (χ2n) is 14.1. The van der Waals surface area contributed by atoms with Crippen molar-refractivity contribution in [2.75, 3.05) is 24.3 Å². The number of ether oxygens (including phenoxy) is 2. The Labute approximate surface area is 323 Å². The number of aliphatic hydroxyl groups excluding tert-OH is 5. The molecule has 1 aromatic heterocycles. The van der Waals surface area contributed by atoms with E-state index in [4.69, 9.17) is 25.4 Å². The molecule has 0 amide bonds. The van der Waals surface area contributed by atoms with Crippen LogP contribution in [0.2, 0.25) is 0 Å². The van der Waals surface area contributed by atoms with Gasteiger partial charge >= 0.3 is 19.8 Å². The van der Waals surface area contributed by atoms with Gasteiger partial charge in [0, 0.05) is 18.5 Å². The number of Topliss-reactive ketones (excluding diaryl/α,β-unsaturated/α-hetero) is 1. The highest BCUT2D eigenvalue weighted by atomic mass is 31.2. The van der Waals surface area contributed by atoms with Crippen molar-refractivity contribution in [2.24, 2.45) is 9.98 Å². The number of rotatable bonds is 20. The highest BCUT2D eigenvalue weighted by Crippen LogP contribution is 2.46. The Morgan fingerprint density at radius 2 is 1.72 bits per heavy atom. The van der Waals surface area contributed by atoms with Crippen LogP contribution >= 0.6 is 7.82 Å². The van der Waals surface area contributed by atoms with Crippen molar-refractivity contribution in [1.29, 1.82) is 0 Å². The first-order valence-electron chi connectivity index (χ1n) is 17.5. The summed E-state index contributed by atoms with van der Waals surface area (Å²) in [6.45, 7) is 4.80. The summed E-state index contributed by atoms with van der Waals surface area (Å²) in [7, 11) is -5.13. The first-order chi connectivity index (χ1) is 26.5. The van der Waals surface area contributed by atoms with Crippen molar-refractivity contribution in [2.45, 2.75) is 113 Å². The second kappa shape index (κ2) is 18.1. The summed E-state index contributed by atoms with van der Waals surface area (Å²) in [6.07, 6.45) is -15.3. The van der Waals surface area contributed by atoms with Crippen LogP contribution in [0.4, 0.5) is 11.6 Å². The molecule has 0 bridgehead atoms. The van der Waals surface area contributed by atoms with Crippen molar-refractivity contribution in [3.05, 3.63) is 51.0 Å². The molecule has 2 aromatic rings. The molecule has 3 heterocycles. The zero-order valence-electron chi connectivity index (χ0n) is 31.2. The molecule has 0 saturated carbocycles. The molecule has 1 saturated heterocycles. The zero-order chi connectivity index (χ0) is 42.6. The van der Waals surface area contributed by atoms with E-state index in [1.54, 1.807) is 45.0 Å². The maximum absolute atomic E-state index is 13.2. The van der Waals surface area contributed by atoms with Crippen molar-refractivity contribution >= 4 is 37.2 Å². The average Bonchev–Trinajstić information content (AvgIpc) is 3.38. The van der Waals surface area contributed by atoms with E-state index >= 15 is 0 Å². The summed E-state index contributed by atoms with van der Waals surface area (Å²) in [4.78, 5) is 73.4. The number of aliphatic hydroxyl groups is 5. The molecule has 1 fully saturated rings. The number of benzene rings is 1. The van der Waals surface area contributed by atoms with Crippen LogP contribution in [0.5, 0.6) is 0 Å². The van der Waals surface area contributed by atoms with E-state index < -0.39 is 118 Å². The van der Waals surface area contributed by atoms with Gasteiger partial charge in [-0.05, 0) is 51.8 Å². The Hall–Kier alpha value is -4.26. The van der Waals surface area contributed by atoms with E-state index in [1.165, 1.54) is 6.92 Å². The van der Waals surface area contributed by atoms with Gasteiger partial charge in [0.25, 0.3) is 5.56 Å². The van der Waals surface area contributed by atoms with Gasteiger partial charge in [0.15, 0.2) is 34.6 Å². The number of carbonyl (C=O) groups is 3. The van der Waals surface area contributed by atoms with Gasteiger partial charge in [0.05, 0.1) is 30.9 Å². The van der Waals surface area contributed by atoms with Crippen molar-refractivity contribution < 1.29 is 78.1 Å². The van der Waals surface area contributed by atoms with Gasteiger partial charge in [0.1, 0.15) is 30.5 Å². The van der Waals surface area contributed by atoms with E-state index in [1.807, 2.05) is 0 Å². The number of nitrogen functional groups attached to an aromatic ring is 1. The van der Waals surface area contributed by atoms with Crippen LogP contribution in [-0.2, 0) is 43.9 Å². The number of phosphoric acid groups is 1. The lowest BCUT2D eigenvalue weighted by Gasteiger charge is -2.44. The lowest BCUT2D eigenvalue weighted by atomic mass is 9.71. The normalized spacial score (nSPS) is 26.4. The number of H-pyrrole nitrogens is 1. The summed E-state index contributed by atoms with van der Waals surface area (Å²) in [5.41, 5.74) is 3.41. The van der Waals surface area contributed by atoms with Crippen LogP contribution in [0.15, 0.2) is 39.0 Å². The minimum absolute atomic E-state index is 0.0164. The number of carboxylic acids is 2. The number of carboxylic acid groups (broad SMARTS) is 2. The number of nitrogens with zero attached hydrogens (tertiary/aromatic N) is 3. The maximum atomic E-state index is 13.2. The summed E-state index contributed by atoms with van der Waals surface area (Å²) < 4.78 is 32.0. The summed E-state index contributed by atoms with van der Waals surface area (Å²) in [6, 6.07) is 5.82. The number of nitrogens with one attached hydrogen (secondary N) is 2. The van der Waals surface area contributed by atoms with Gasteiger partial charge in [-0.3, -0.25) is 38.4 Å². The minimum Gasteiger partial charge on any atom is -0.481 e. The SMILES string of the molecule is CC(=O)C1([C@@H](C)Nc2ccc(C[C@H](O)[C@H](O)[C@H](O)CO[C@H]3O[C@H](COP(=O)(O)O[C@@H](CCC(=O)O)C(=O)O)[C@@H](O)[C@H]3O)cc2)N=c2c(nc(N)[nH]c2=O)=NC1(C)C. The summed E-state index contributed by atoms with van der Waals surface area (Å²) >= 11 is 0. The lowest BCUT2D eigenvalue weighted by Crippen LogP contribution is -2.67. The number of aromatic nitrogens is 2. The number of carbonyl (C=O) groups excluding carboxylic acids is 1. The molecule has 23 nitrogen and oxygen atoms in total. The Kier molecular flexibility index (Phi) is 14.4. The van der Waals surface area contributed by atoms with E-state index in [2.05, 4.69) is 34.3 Å². The summed E-state index contributed by atoms with van der Waals surface area (Å²) in [5.74, 6) is -3.61. The number of hydrogen-bond donors (Lipinski definition) is 11. The van der Waals surface area contributed by atoms with E-state index in [9.17, 15) is 54.2 Å². The molecular weight excluding hydrogens is 783 g/mol. The molecule has 2 unspecified atom stereocenters. The van der Waals surface area contributed by atoms with Crippen LogP contribution in [0, 0.1) is 0 Å². The average molecular weight is 831 g/mol. The number of nitrogens with two attached hydrogens (primary N) is 1. The van der Waals surface area contributed by atoms with E-state index in [0.29, 0.717) is 11.3 Å². The molecule has 11 atom stereocenters. The predicted octanol–water partition coefficient (Wildman–Crippen LogP) is -3.25. The Morgan fingerprint density at radius 1 is 1.07 bits per heavy atom. The van der Waals surface area contributed by atoms with E-state index in [-0.39, 0.29) is 29.0 Å². The molecule has 4 rings (SSSR count). The van der Waals surface area contributed by atoms with Gasteiger partial charge in [0.2, 0.25) is 5.95 Å². The zero-order valence-corrected chi connectivity index (χ0v) is 32.1. The van der Waals surface area contributed by atoms with Gasteiger partial charge in [-0.25, -0.2) is 9.36 Å². The molecule has 2 aliphatic heterocycles. The van der Waals surface area contributed by atoms with Crippen molar-refractivity contribution in [1.82, 2.24) is 9.97 Å². The number of fused-ring (bicyclic) bond motifs is 1. The molecule has 0 aliphatic carbocycles. The molecule has 316 valence electrons. The standard InChI is InChI=1S/C33H47N6O17P/c1-14(33(15(2)40)32(3,4)39-27-23(38-33)28(48)37-31(34)36-27)35-17-7-5-16(6-8-17)11-18(41)24(45)19(42)12-53-30-26(47)25(46)21(55-30)13-54-57(51,52)56-20(29(49)50)9-10-22(43)44/h5-8,14,18-21,24-26,30,35,41-42,45-47H,9-13H2,1-4H3,(H,43,44)(H,49,50)(H,51,52)(H3,34,36,37,39,48)/t14-,18+,19-,20+,21-,24+,25-,26-,30+,33?/m1/s1. The topological polar surface area (TPSA) is 376 Å². The van der Waals surface area contributed by atoms with Gasteiger partial charge in [-0.15, -0.1) is 0 Å². The van der Waals surface area contributed by atoms with Crippen molar-refractivity contribution in [3.8, 4) is 0 Å². The van der Waals surface area contributed by atoms with Crippen LogP contribution < -0.4 is 27.5 Å². The molecule has 2 aliphatic rings. The molecule has 0 radical (unpaired) electrons. The fourth-order valence-corrected chi connectivity index (χ4v) is 7.50. The van der Waals surface area contributed by atoms with Crippen molar-refractivity contribution in [3.63, 3.8) is 0 Å². The fraction of sp³-hybridized carbons (Fsp3) is 0.606. The van der Waals surface area contributed by atoms with Crippen LogP contribution in [0.3, 0.4) is 0 Å². The molecular formula is C33H47N6O17P. The molecule has 24 heteroatoms. The van der Waals surface area contributed by atoms with Gasteiger partial charge in [-0.2, -0.15) is 4.98 Å². The van der Waals surface area contributed by atoms with Gasteiger partial charge < -0.3 is 61.2 Å². The first kappa shape index (κ1) is 45.4. The smallest absolute Gasteiger partial charge is 0.473 e. The molecule has 0 spiro atoms. The molecule has 1 aromatic carbocycles. The second-order valence-corrected chi connectivity index (χ2v) is 15.5. The Morgan fingerprint density at radius 3 is 2.32 bits per heavy atom. The first-order valence-corrected chi connectivity index (χ1v) is 19.0.